The van der Waals surface area contributed by atoms with Gasteiger partial charge >= 0.3 is 5.76 Å². The molecule has 2 heterocycles. The average molecular weight is 348 g/mol. The van der Waals surface area contributed by atoms with Gasteiger partial charge in [0.15, 0.2) is 5.58 Å². The molecule has 0 fully saturated rings. The van der Waals surface area contributed by atoms with E-state index in [1.54, 1.807) is 25.2 Å². The number of hydrogen-bond acceptors (Lipinski definition) is 4. The van der Waals surface area contributed by atoms with Crippen LogP contribution in [0.1, 0.15) is 11.3 Å². The summed E-state index contributed by atoms with van der Waals surface area (Å²) in [7, 11) is 1.65. The van der Waals surface area contributed by atoms with Crippen LogP contribution in [0.25, 0.3) is 16.8 Å². The van der Waals surface area contributed by atoms with Gasteiger partial charge in [0, 0.05) is 25.0 Å². The summed E-state index contributed by atoms with van der Waals surface area (Å²) in [6.45, 7) is 1.82. The van der Waals surface area contributed by atoms with Crippen LogP contribution in [-0.2, 0) is 7.05 Å². The molecular formula is C19H16N4O3. The first kappa shape index (κ1) is 15.9. The summed E-state index contributed by atoms with van der Waals surface area (Å²) in [4.78, 5) is 28.6. The number of para-hydroxylation sites is 1. The lowest BCUT2D eigenvalue weighted by Crippen LogP contribution is -2.17. The Bertz CT molecular complexity index is 1240. The first-order valence-corrected chi connectivity index (χ1v) is 8.05. The fourth-order valence-electron chi connectivity index (χ4n) is 2.81. The Morgan fingerprint density at radius 2 is 1.88 bits per heavy atom. The van der Waals surface area contributed by atoms with Gasteiger partial charge in [0.25, 0.3) is 5.56 Å². The average Bonchev–Trinajstić information content (AvgIpc) is 3.09. The monoisotopic (exact) mass is 348 g/mol. The number of hydrogen-bond donors (Lipinski definition) is 1. The van der Waals surface area contributed by atoms with E-state index < -0.39 is 5.76 Å². The highest BCUT2D eigenvalue weighted by molar-refractivity contribution is 5.84. The summed E-state index contributed by atoms with van der Waals surface area (Å²) < 4.78 is 8.07. The van der Waals surface area contributed by atoms with Crippen LogP contribution in [0.3, 0.4) is 0 Å². The molecule has 0 spiro atoms. The van der Waals surface area contributed by atoms with E-state index in [-0.39, 0.29) is 5.56 Å². The topological polar surface area (TPSA) is 85.3 Å². The predicted molar refractivity (Wildman–Crippen MR) is 99.8 cm³/mol. The van der Waals surface area contributed by atoms with E-state index in [0.29, 0.717) is 22.4 Å². The SMILES string of the molecule is Cc1[nH]n(-c2ccccc2)c(=O)c1C=Nc1ccc2c(c1)oc(=O)n2C. The maximum atomic E-state index is 12.6. The van der Waals surface area contributed by atoms with Crippen LogP contribution in [-0.4, -0.2) is 20.6 Å². The molecule has 0 bridgehead atoms. The molecular weight excluding hydrogens is 332 g/mol. The molecule has 0 amide bonds. The van der Waals surface area contributed by atoms with Gasteiger partial charge in [0.05, 0.1) is 22.5 Å². The summed E-state index contributed by atoms with van der Waals surface area (Å²) in [6, 6.07) is 14.5. The highest BCUT2D eigenvalue weighted by Crippen LogP contribution is 2.20. The Morgan fingerprint density at radius 1 is 1.12 bits per heavy atom. The molecule has 4 rings (SSSR count). The maximum Gasteiger partial charge on any atom is 0.419 e. The highest BCUT2D eigenvalue weighted by atomic mass is 16.4. The van der Waals surface area contributed by atoms with Gasteiger partial charge in [-0.3, -0.25) is 19.5 Å². The van der Waals surface area contributed by atoms with Gasteiger partial charge < -0.3 is 4.42 Å². The number of benzene rings is 2. The van der Waals surface area contributed by atoms with E-state index in [0.717, 1.165) is 11.4 Å². The fourth-order valence-corrected chi connectivity index (χ4v) is 2.81. The molecule has 0 aliphatic rings. The van der Waals surface area contributed by atoms with Crippen molar-refractivity contribution in [2.75, 3.05) is 0 Å². The Labute approximate surface area is 147 Å². The van der Waals surface area contributed by atoms with Crippen LogP contribution < -0.4 is 11.3 Å². The van der Waals surface area contributed by atoms with Gasteiger partial charge in [-0.15, -0.1) is 0 Å². The Hall–Kier alpha value is -3.61. The summed E-state index contributed by atoms with van der Waals surface area (Å²) in [5.74, 6) is -0.423. The number of aliphatic imine (C=N–C) groups is 1. The second kappa shape index (κ2) is 6.03. The number of aryl methyl sites for hydroxylation is 2. The van der Waals surface area contributed by atoms with Crippen molar-refractivity contribution in [2.24, 2.45) is 12.0 Å². The lowest BCUT2D eigenvalue weighted by Gasteiger charge is -1.99. The van der Waals surface area contributed by atoms with E-state index in [1.807, 2.05) is 37.3 Å². The Morgan fingerprint density at radius 3 is 2.65 bits per heavy atom. The third kappa shape index (κ3) is 2.59. The number of aromatic amines is 1. The molecule has 0 radical (unpaired) electrons. The first-order chi connectivity index (χ1) is 12.5. The second-order valence-electron chi connectivity index (χ2n) is 5.96. The number of aromatic nitrogens is 3. The molecule has 0 atom stereocenters. The quantitative estimate of drug-likeness (QED) is 0.578. The minimum atomic E-state index is -0.423. The van der Waals surface area contributed by atoms with Crippen LogP contribution in [0.5, 0.6) is 0 Å². The van der Waals surface area contributed by atoms with Gasteiger partial charge in [-0.25, -0.2) is 9.48 Å². The van der Waals surface area contributed by atoms with Crippen molar-refractivity contribution in [2.45, 2.75) is 6.92 Å². The molecule has 0 aliphatic carbocycles. The molecule has 1 N–H and O–H groups in total. The first-order valence-electron chi connectivity index (χ1n) is 8.05. The maximum absolute atomic E-state index is 12.6. The van der Waals surface area contributed by atoms with Crippen LogP contribution in [0.15, 0.2) is 67.5 Å². The lowest BCUT2D eigenvalue weighted by atomic mass is 10.2. The van der Waals surface area contributed by atoms with E-state index in [4.69, 9.17) is 4.42 Å². The number of fused-ring (bicyclic) bond motifs is 1. The molecule has 7 nitrogen and oxygen atoms in total. The summed E-state index contributed by atoms with van der Waals surface area (Å²) >= 11 is 0. The van der Waals surface area contributed by atoms with Crippen molar-refractivity contribution < 1.29 is 4.42 Å². The van der Waals surface area contributed by atoms with Gasteiger partial charge in [0.2, 0.25) is 0 Å². The predicted octanol–water partition coefficient (Wildman–Crippen LogP) is 2.67. The summed E-state index contributed by atoms with van der Waals surface area (Å²) in [5.41, 5.74) is 3.52. The molecule has 0 saturated carbocycles. The van der Waals surface area contributed by atoms with E-state index in [9.17, 15) is 9.59 Å². The van der Waals surface area contributed by atoms with Crippen molar-refractivity contribution in [1.82, 2.24) is 14.3 Å². The number of rotatable bonds is 3. The minimum Gasteiger partial charge on any atom is -0.408 e. The molecule has 0 saturated heterocycles. The fraction of sp³-hybridized carbons (Fsp3) is 0.105. The Kier molecular flexibility index (Phi) is 3.69. The summed E-state index contributed by atoms with van der Waals surface area (Å²) in [6.07, 6.45) is 1.52. The molecule has 0 aliphatic heterocycles. The van der Waals surface area contributed by atoms with Crippen LogP contribution in [0.4, 0.5) is 5.69 Å². The molecule has 7 heteroatoms. The zero-order valence-electron chi connectivity index (χ0n) is 14.3. The summed E-state index contributed by atoms with van der Waals surface area (Å²) in [5, 5.41) is 3.06. The van der Waals surface area contributed by atoms with Crippen LogP contribution in [0.2, 0.25) is 0 Å². The van der Waals surface area contributed by atoms with E-state index in [1.165, 1.54) is 15.5 Å². The molecule has 2 aromatic heterocycles. The largest absolute Gasteiger partial charge is 0.419 e. The van der Waals surface area contributed by atoms with E-state index in [2.05, 4.69) is 10.1 Å². The van der Waals surface area contributed by atoms with Crippen molar-refractivity contribution in [3.8, 4) is 5.69 Å². The molecule has 130 valence electrons. The molecule has 2 aromatic carbocycles. The van der Waals surface area contributed by atoms with Crippen molar-refractivity contribution in [1.29, 1.82) is 0 Å². The highest BCUT2D eigenvalue weighted by Gasteiger charge is 2.11. The van der Waals surface area contributed by atoms with E-state index >= 15 is 0 Å². The zero-order valence-corrected chi connectivity index (χ0v) is 14.3. The van der Waals surface area contributed by atoms with Gasteiger partial charge in [0.1, 0.15) is 0 Å². The number of nitrogens with one attached hydrogen (secondary N) is 1. The molecule has 26 heavy (non-hydrogen) atoms. The normalized spacial score (nSPS) is 11.6. The number of oxazole rings is 1. The van der Waals surface area contributed by atoms with Gasteiger partial charge in [-0.2, -0.15) is 0 Å². The third-order valence-electron chi connectivity index (χ3n) is 4.25. The minimum absolute atomic E-state index is 0.176. The van der Waals surface area contributed by atoms with Gasteiger partial charge in [-0.1, -0.05) is 18.2 Å². The Balaban J connectivity index is 1.72. The molecule has 4 aromatic rings. The third-order valence-corrected chi connectivity index (χ3v) is 4.25. The van der Waals surface area contributed by atoms with Crippen molar-refractivity contribution >= 4 is 23.0 Å². The molecule has 0 unspecified atom stereocenters. The van der Waals surface area contributed by atoms with Crippen molar-refractivity contribution in [3.05, 3.63) is 80.7 Å². The van der Waals surface area contributed by atoms with Crippen molar-refractivity contribution in [3.63, 3.8) is 0 Å². The smallest absolute Gasteiger partial charge is 0.408 e. The van der Waals surface area contributed by atoms with Gasteiger partial charge in [-0.05, 0) is 31.2 Å². The second-order valence-corrected chi connectivity index (χ2v) is 5.96. The zero-order chi connectivity index (χ0) is 18.3. The number of nitrogens with zero attached hydrogens (tertiary/aromatic N) is 3. The number of H-pyrrole nitrogens is 1. The standard InChI is InChI=1S/C19H16N4O3/c1-12-15(18(24)23(21-12)14-6-4-3-5-7-14)11-20-13-8-9-16-17(10-13)26-19(25)22(16)2/h3-11,21H,1-2H3. The van der Waals surface area contributed by atoms with Crippen LogP contribution >= 0.6 is 0 Å². The lowest BCUT2D eigenvalue weighted by molar-refractivity contribution is 0.528. The van der Waals surface area contributed by atoms with Crippen LogP contribution in [0, 0.1) is 6.92 Å².